The van der Waals surface area contributed by atoms with Crippen LogP contribution in [-0.2, 0) is 9.53 Å². The molecule has 17 heavy (non-hydrogen) atoms. The van der Waals surface area contributed by atoms with Gasteiger partial charge >= 0.3 is 5.97 Å². The third-order valence-corrected chi connectivity index (χ3v) is 2.71. The lowest BCUT2D eigenvalue weighted by Gasteiger charge is -2.23. The van der Waals surface area contributed by atoms with Crippen LogP contribution in [0.5, 0.6) is 0 Å². The summed E-state index contributed by atoms with van der Waals surface area (Å²) in [4.78, 5) is 26.8. The van der Waals surface area contributed by atoms with Crippen LogP contribution in [0.1, 0.15) is 16.8 Å². The highest BCUT2D eigenvalue weighted by molar-refractivity contribution is 5.97. The number of carbonyl (C=O) groups is 2. The lowest BCUT2D eigenvalue weighted by atomic mass is 9.98. The number of amides is 1. The standard InChI is InChI=1S/C11H12N2O4/c14-9(8-2-1-4-12-6-8)13-11(10(15)16)3-5-17-7-11/h1-2,4,6H,3,5,7H2,(H,13,14)(H,15,16). The minimum Gasteiger partial charge on any atom is -0.479 e. The van der Waals surface area contributed by atoms with E-state index in [0.717, 1.165) is 0 Å². The molecule has 1 aromatic rings. The molecule has 6 heteroatoms. The number of ether oxygens (including phenoxy) is 1. The van der Waals surface area contributed by atoms with Crippen molar-refractivity contribution in [2.45, 2.75) is 12.0 Å². The maximum atomic E-state index is 11.8. The van der Waals surface area contributed by atoms with Gasteiger partial charge in [-0.1, -0.05) is 0 Å². The van der Waals surface area contributed by atoms with Gasteiger partial charge in [0.25, 0.3) is 5.91 Å². The highest BCUT2D eigenvalue weighted by Gasteiger charge is 2.44. The number of nitrogens with one attached hydrogen (secondary N) is 1. The summed E-state index contributed by atoms with van der Waals surface area (Å²) >= 11 is 0. The Balaban J connectivity index is 2.15. The van der Waals surface area contributed by atoms with E-state index in [9.17, 15) is 9.59 Å². The maximum absolute atomic E-state index is 11.8. The van der Waals surface area contributed by atoms with Crippen LogP contribution in [0.15, 0.2) is 24.5 Å². The van der Waals surface area contributed by atoms with E-state index in [1.54, 1.807) is 18.3 Å². The van der Waals surface area contributed by atoms with Crippen molar-refractivity contribution in [2.24, 2.45) is 0 Å². The predicted octanol–water partition coefficient (Wildman–Crippen LogP) is 0.0551. The van der Waals surface area contributed by atoms with E-state index in [1.807, 2.05) is 0 Å². The number of hydrogen-bond donors (Lipinski definition) is 2. The van der Waals surface area contributed by atoms with Crippen LogP contribution in [0.4, 0.5) is 0 Å². The van der Waals surface area contributed by atoms with E-state index in [-0.39, 0.29) is 13.0 Å². The number of hydrogen-bond acceptors (Lipinski definition) is 4. The molecular weight excluding hydrogens is 224 g/mol. The molecule has 1 aliphatic heterocycles. The van der Waals surface area contributed by atoms with Gasteiger partial charge in [-0.25, -0.2) is 4.79 Å². The predicted molar refractivity (Wildman–Crippen MR) is 57.5 cm³/mol. The minimum atomic E-state index is -1.31. The molecule has 1 aromatic heterocycles. The molecule has 6 nitrogen and oxygen atoms in total. The summed E-state index contributed by atoms with van der Waals surface area (Å²) in [7, 11) is 0. The Labute approximate surface area is 97.6 Å². The SMILES string of the molecule is O=C(NC1(C(=O)O)CCOC1)c1cccnc1. The normalized spacial score (nSPS) is 23.3. The molecule has 0 bridgehead atoms. The van der Waals surface area contributed by atoms with Crippen LogP contribution in [-0.4, -0.2) is 40.7 Å². The summed E-state index contributed by atoms with van der Waals surface area (Å²) in [5.74, 6) is -1.53. The van der Waals surface area contributed by atoms with Crippen molar-refractivity contribution in [3.8, 4) is 0 Å². The van der Waals surface area contributed by atoms with Gasteiger partial charge in [0.1, 0.15) is 0 Å². The second kappa shape index (κ2) is 4.50. The van der Waals surface area contributed by atoms with Crippen molar-refractivity contribution in [2.75, 3.05) is 13.2 Å². The maximum Gasteiger partial charge on any atom is 0.331 e. The number of pyridine rings is 1. The van der Waals surface area contributed by atoms with Gasteiger partial charge in [0.05, 0.1) is 12.2 Å². The van der Waals surface area contributed by atoms with Crippen LogP contribution in [0.25, 0.3) is 0 Å². The molecule has 1 unspecified atom stereocenters. The van der Waals surface area contributed by atoms with Crippen molar-refractivity contribution in [3.63, 3.8) is 0 Å². The first-order chi connectivity index (χ1) is 8.14. The molecule has 0 aliphatic carbocycles. The number of carboxylic acids is 1. The zero-order valence-electron chi connectivity index (χ0n) is 9.05. The van der Waals surface area contributed by atoms with Crippen LogP contribution < -0.4 is 5.32 Å². The second-order valence-corrected chi connectivity index (χ2v) is 3.89. The average Bonchev–Trinajstić information content (AvgIpc) is 2.80. The van der Waals surface area contributed by atoms with Crippen LogP contribution in [0.2, 0.25) is 0 Å². The summed E-state index contributed by atoms with van der Waals surface area (Å²) < 4.78 is 5.05. The Bertz CT molecular complexity index is 426. The lowest BCUT2D eigenvalue weighted by molar-refractivity contribution is -0.144. The van der Waals surface area contributed by atoms with Gasteiger partial charge in [0, 0.05) is 25.4 Å². The zero-order chi connectivity index (χ0) is 12.3. The molecule has 0 radical (unpaired) electrons. The van der Waals surface area contributed by atoms with Gasteiger partial charge in [-0.15, -0.1) is 0 Å². The van der Waals surface area contributed by atoms with Gasteiger partial charge < -0.3 is 15.2 Å². The zero-order valence-corrected chi connectivity index (χ0v) is 9.05. The first-order valence-electron chi connectivity index (χ1n) is 5.18. The highest BCUT2D eigenvalue weighted by Crippen LogP contribution is 2.19. The van der Waals surface area contributed by atoms with Crippen LogP contribution in [0.3, 0.4) is 0 Å². The van der Waals surface area contributed by atoms with Crippen molar-refractivity contribution in [1.29, 1.82) is 0 Å². The monoisotopic (exact) mass is 236 g/mol. The van der Waals surface area contributed by atoms with E-state index in [1.165, 1.54) is 6.20 Å². The summed E-state index contributed by atoms with van der Waals surface area (Å²) in [6, 6.07) is 3.20. The Kier molecular flexibility index (Phi) is 3.06. The van der Waals surface area contributed by atoms with Crippen LogP contribution in [0, 0.1) is 0 Å². The van der Waals surface area contributed by atoms with E-state index in [4.69, 9.17) is 9.84 Å². The fraction of sp³-hybridized carbons (Fsp3) is 0.364. The summed E-state index contributed by atoms with van der Waals surface area (Å²) in [6.07, 6.45) is 3.21. The third kappa shape index (κ3) is 2.26. The molecule has 1 fully saturated rings. The lowest BCUT2D eigenvalue weighted by Crippen LogP contribution is -2.55. The van der Waals surface area contributed by atoms with Gasteiger partial charge in [0.15, 0.2) is 5.54 Å². The molecule has 90 valence electrons. The van der Waals surface area contributed by atoms with Crippen molar-refractivity contribution in [3.05, 3.63) is 30.1 Å². The molecule has 0 aromatic carbocycles. The molecule has 2 N–H and O–H groups in total. The first kappa shape index (κ1) is 11.5. The molecule has 1 atom stereocenters. The van der Waals surface area contributed by atoms with Gasteiger partial charge in [-0.05, 0) is 12.1 Å². The molecular formula is C11H12N2O4. The Morgan fingerprint density at radius 1 is 1.53 bits per heavy atom. The van der Waals surface area contributed by atoms with Gasteiger partial charge in [-0.2, -0.15) is 0 Å². The smallest absolute Gasteiger partial charge is 0.331 e. The van der Waals surface area contributed by atoms with Crippen molar-refractivity contribution >= 4 is 11.9 Å². The molecule has 1 aliphatic rings. The fourth-order valence-corrected chi connectivity index (χ4v) is 1.67. The topological polar surface area (TPSA) is 88.5 Å². The summed E-state index contributed by atoms with van der Waals surface area (Å²) in [5, 5.41) is 11.7. The molecule has 1 saturated heterocycles. The molecule has 2 heterocycles. The van der Waals surface area contributed by atoms with Gasteiger partial charge in [-0.3, -0.25) is 9.78 Å². The quantitative estimate of drug-likeness (QED) is 0.774. The molecule has 2 rings (SSSR count). The number of aliphatic carboxylic acids is 1. The van der Waals surface area contributed by atoms with E-state index >= 15 is 0 Å². The number of nitrogens with zero attached hydrogens (tertiary/aromatic N) is 1. The second-order valence-electron chi connectivity index (χ2n) is 3.89. The largest absolute Gasteiger partial charge is 0.479 e. The highest BCUT2D eigenvalue weighted by atomic mass is 16.5. The number of aromatic nitrogens is 1. The molecule has 1 amide bonds. The van der Waals surface area contributed by atoms with Crippen molar-refractivity contribution in [1.82, 2.24) is 10.3 Å². The first-order valence-corrected chi connectivity index (χ1v) is 5.18. The van der Waals surface area contributed by atoms with E-state index < -0.39 is 17.4 Å². The Hall–Kier alpha value is -1.95. The number of carbonyl (C=O) groups excluding carboxylic acids is 1. The van der Waals surface area contributed by atoms with Crippen LogP contribution >= 0.6 is 0 Å². The van der Waals surface area contributed by atoms with Crippen molar-refractivity contribution < 1.29 is 19.4 Å². The van der Waals surface area contributed by atoms with E-state index in [0.29, 0.717) is 12.2 Å². The van der Waals surface area contributed by atoms with E-state index in [2.05, 4.69) is 10.3 Å². The Morgan fingerprint density at radius 3 is 2.88 bits per heavy atom. The number of rotatable bonds is 3. The Morgan fingerprint density at radius 2 is 2.35 bits per heavy atom. The fourth-order valence-electron chi connectivity index (χ4n) is 1.67. The molecule has 0 saturated carbocycles. The number of carboxylic acid groups (broad SMARTS) is 1. The molecule has 0 spiro atoms. The minimum absolute atomic E-state index is 0.00562. The average molecular weight is 236 g/mol. The van der Waals surface area contributed by atoms with Gasteiger partial charge in [0.2, 0.25) is 0 Å². The summed E-state index contributed by atoms with van der Waals surface area (Å²) in [6.45, 7) is 0.327. The summed E-state index contributed by atoms with van der Waals surface area (Å²) in [5.41, 5.74) is -0.979. The third-order valence-electron chi connectivity index (χ3n) is 2.71.